The van der Waals surface area contributed by atoms with Crippen LogP contribution >= 0.6 is 0 Å². The number of rotatable bonds is 6. The van der Waals surface area contributed by atoms with E-state index in [4.69, 9.17) is 11.1 Å². The molecule has 0 saturated carbocycles. The van der Waals surface area contributed by atoms with E-state index in [0.717, 1.165) is 37.9 Å². The van der Waals surface area contributed by atoms with E-state index in [1.807, 2.05) is 6.92 Å². The minimum Gasteiger partial charge on any atom is -0.387 e. The molecule has 1 aliphatic heterocycles. The van der Waals surface area contributed by atoms with Gasteiger partial charge in [0.25, 0.3) is 0 Å². The van der Waals surface area contributed by atoms with E-state index in [9.17, 15) is 0 Å². The summed E-state index contributed by atoms with van der Waals surface area (Å²) in [6.07, 6.45) is 7.94. The van der Waals surface area contributed by atoms with Gasteiger partial charge < -0.3 is 11.1 Å². The van der Waals surface area contributed by atoms with Crippen LogP contribution in [0.2, 0.25) is 0 Å². The van der Waals surface area contributed by atoms with Crippen molar-refractivity contribution in [2.75, 3.05) is 0 Å². The molecule has 1 heterocycles. The fourth-order valence-corrected chi connectivity index (χ4v) is 2.18. The fraction of sp³-hybridized carbons (Fsp3) is 0.733. The van der Waals surface area contributed by atoms with Gasteiger partial charge in [-0.05, 0) is 37.5 Å². The van der Waals surface area contributed by atoms with Crippen molar-refractivity contribution in [2.24, 2.45) is 16.6 Å². The molecule has 3 N–H and O–H groups in total. The summed E-state index contributed by atoms with van der Waals surface area (Å²) < 4.78 is 0. The minimum atomic E-state index is 0.441. The lowest BCUT2D eigenvalue weighted by Gasteiger charge is -2.12. The number of nitrogens with one attached hydrogen (secondary N) is 1. The zero-order valence-corrected chi connectivity index (χ0v) is 12.4. The van der Waals surface area contributed by atoms with E-state index in [2.05, 4.69) is 25.8 Å². The predicted octanol–water partition coefficient (Wildman–Crippen LogP) is 4.28. The van der Waals surface area contributed by atoms with Gasteiger partial charge in [-0.2, -0.15) is 0 Å². The fourth-order valence-electron chi connectivity index (χ4n) is 2.18. The summed E-state index contributed by atoms with van der Waals surface area (Å²) in [7, 11) is 0. The first-order valence-corrected chi connectivity index (χ1v) is 7.20. The van der Waals surface area contributed by atoms with Crippen LogP contribution in [0.1, 0.15) is 66.2 Å². The Hall–Kier alpha value is -1.12. The van der Waals surface area contributed by atoms with Crippen molar-refractivity contribution >= 4 is 12.1 Å². The number of nitrogens with zero attached hydrogens (tertiary/aromatic N) is 1. The Morgan fingerprint density at radius 1 is 1.17 bits per heavy atom. The van der Waals surface area contributed by atoms with Crippen molar-refractivity contribution in [1.29, 1.82) is 5.41 Å². The van der Waals surface area contributed by atoms with Gasteiger partial charge in [-0.3, -0.25) is 0 Å². The lowest BCUT2D eigenvalue weighted by Crippen LogP contribution is -2.21. The van der Waals surface area contributed by atoms with Gasteiger partial charge in [-0.1, -0.05) is 40.5 Å². The Morgan fingerprint density at radius 3 is 2.11 bits per heavy atom. The zero-order valence-electron chi connectivity index (χ0n) is 12.4. The van der Waals surface area contributed by atoms with Crippen LogP contribution in [0.4, 0.5) is 0 Å². The largest absolute Gasteiger partial charge is 0.387 e. The SMILES string of the molecule is CCC=N.CCCC1=C(CCC)C(CC)C(N)=N1. The van der Waals surface area contributed by atoms with E-state index >= 15 is 0 Å². The highest BCUT2D eigenvalue weighted by molar-refractivity contribution is 5.89. The summed E-state index contributed by atoms with van der Waals surface area (Å²) in [4.78, 5) is 4.50. The van der Waals surface area contributed by atoms with Gasteiger partial charge in [0.1, 0.15) is 5.84 Å². The van der Waals surface area contributed by atoms with E-state index in [0.29, 0.717) is 5.92 Å². The molecular weight excluding hydrogens is 222 g/mol. The number of hydrogen-bond acceptors (Lipinski definition) is 3. The van der Waals surface area contributed by atoms with Crippen LogP contribution in [0.15, 0.2) is 16.3 Å². The van der Waals surface area contributed by atoms with Crippen LogP contribution in [-0.2, 0) is 0 Å². The summed E-state index contributed by atoms with van der Waals surface area (Å²) in [5.41, 5.74) is 8.72. The summed E-state index contributed by atoms with van der Waals surface area (Å²) in [5, 5.41) is 6.33. The Labute approximate surface area is 112 Å². The van der Waals surface area contributed by atoms with Crippen molar-refractivity contribution in [3.8, 4) is 0 Å². The van der Waals surface area contributed by atoms with E-state index in [-0.39, 0.29) is 0 Å². The maximum atomic E-state index is 6.33. The molecule has 18 heavy (non-hydrogen) atoms. The Kier molecular flexibility index (Phi) is 9.25. The second-order valence-electron chi connectivity index (χ2n) is 4.58. The standard InChI is InChI=1S/C12H22N2.C3H7N/c1-4-7-10-9(6-3)12(13)14-11(10)8-5-2;1-2-3-4/h9H,4-8H2,1-3H3,(H2,13,14);3-4H,2H2,1H3. The van der Waals surface area contributed by atoms with E-state index in [1.54, 1.807) is 0 Å². The number of nitrogens with two attached hydrogens (primary N) is 1. The van der Waals surface area contributed by atoms with Crippen molar-refractivity contribution < 1.29 is 0 Å². The lowest BCUT2D eigenvalue weighted by molar-refractivity contribution is 0.703. The van der Waals surface area contributed by atoms with Crippen molar-refractivity contribution in [1.82, 2.24) is 0 Å². The molecule has 3 nitrogen and oxygen atoms in total. The van der Waals surface area contributed by atoms with Crippen LogP contribution in [0.25, 0.3) is 0 Å². The van der Waals surface area contributed by atoms with Gasteiger partial charge in [-0.25, -0.2) is 4.99 Å². The average molecular weight is 251 g/mol. The number of allylic oxidation sites excluding steroid dienone is 1. The Balaban J connectivity index is 0.000000631. The van der Waals surface area contributed by atoms with E-state index in [1.165, 1.54) is 23.9 Å². The summed E-state index contributed by atoms with van der Waals surface area (Å²) in [6.45, 7) is 8.55. The maximum absolute atomic E-state index is 6.33. The molecule has 0 aliphatic carbocycles. The minimum absolute atomic E-state index is 0.441. The van der Waals surface area contributed by atoms with Gasteiger partial charge in [0.15, 0.2) is 0 Å². The first-order valence-electron chi connectivity index (χ1n) is 7.20. The molecule has 1 aliphatic rings. The van der Waals surface area contributed by atoms with Gasteiger partial charge in [-0.15, -0.1) is 0 Å². The third-order valence-electron chi connectivity index (χ3n) is 3.03. The molecule has 0 bridgehead atoms. The number of hydrogen-bond donors (Lipinski definition) is 2. The van der Waals surface area contributed by atoms with Crippen LogP contribution in [-0.4, -0.2) is 12.1 Å². The molecule has 104 valence electrons. The third kappa shape index (κ3) is 5.03. The maximum Gasteiger partial charge on any atom is 0.106 e. The highest BCUT2D eigenvalue weighted by atomic mass is 14.9. The van der Waals surface area contributed by atoms with Crippen LogP contribution in [0.3, 0.4) is 0 Å². The first-order chi connectivity index (χ1) is 8.65. The molecule has 0 aromatic rings. The second-order valence-corrected chi connectivity index (χ2v) is 4.58. The predicted molar refractivity (Wildman–Crippen MR) is 81.3 cm³/mol. The topological polar surface area (TPSA) is 62.2 Å². The molecule has 0 fully saturated rings. The van der Waals surface area contributed by atoms with Crippen LogP contribution in [0.5, 0.6) is 0 Å². The van der Waals surface area contributed by atoms with Crippen molar-refractivity contribution in [3.63, 3.8) is 0 Å². The lowest BCUT2D eigenvalue weighted by atomic mass is 9.92. The Morgan fingerprint density at radius 2 is 1.72 bits per heavy atom. The van der Waals surface area contributed by atoms with Crippen molar-refractivity contribution in [3.05, 3.63) is 11.3 Å². The smallest absolute Gasteiger partial charge is 0.106 e. The molecule has 1 rings (SSSR count). The first kappa shape index (κ1) is 16.9. The Bertz CT molecular complexity index is 303. The third-order valence-corrected chi connectivity index (χ3v) is 3.03. The van der Waals surface area contributed by atoms with Gasteiger partial charge >= 0.3 is 0 Å². The van der Waals surface area contributed by atoms with Gasteiger partial charge in [0, 0.05) is 11.6 Å². The molecule has 0 radical (unpaired) electrons. The molecule has 1 unspecified atom stereocenters. The quantitative estimate of drug-likeness (QED) is 0.680. The molecule has 0 aromatic carbocycles. The molecule has 0 amide bonds. The second kappa shape index (κ2) is 9.86. The molecule has 0 aromatic heterocycles. The highest BCUT2D eigenvalue weighted by Crippen LogP contribution is 2.32. The number of amidine groups is 1. The summed E-state index contributed by atoms with van der Waals surface area (Å²) in [5.74, 6) is 1.29. The van der Waals surface area contributed by atoms with Gasteiger partial charge in [0.05, 0.1) is 0 Å². The molecule has 0 spiro atoms. The normalized spacial score (nSPS) is 18.2. The monoisotopic (exact) mass is 251 g/mol. The molecule has 3 heteroatoms. The summed E-state index contributed by atoms with van der Waals surface area (Å²) in [6, 6.07) is 0. The van der Waals surface area contributed by atoms with Crippen LogP contribution in [0, 0.1) is 11.3 Å². The molecule has 1 atom stereocenters. The summed E-state index contributed by atoms with van der Waals surface area (Å²) >= 11 is 0. The van der Waals surface area contributed by atoms with E-state index < -0.39 is 0 Å². The van der Waals surface area contributed by atoms with Crippen LogP contribution < -0.4 is 5.73 Å². The molecular formula is C15H29N3. The molecule has 0 saturated heterocycles. The highest BCUT2D eigenvalue weighted by Gasteiger charge is 2.24. The number of aliphatic imine (C=N–C) groups is 1. The zero-order chi connectivity index (χ0) is 14.0. The van der Waals surface area contributed by atoms with Crippen molar-refractivity contribution in [2.45, 2.75) is 66.2 Å². The average Bonchev–Trinajstić information content (AvgIpc) is 2.66. The van der Waals surface area contributed by atoms with Gasteiger partial charge in [0.2, 0.25) is 0 Å².